The Morgan fingerprint density at radius 3 is 2.47 bits per heavy atom. The molecule has 2 rings (SSSR count). The van der Waals surface area contributed by atoms with Crippen molar-refractivity contribution in [3.8, 4) is 0 Å². The lowest BCUT2D eigenvalue weighted by Crippen LogP contribution is -2.21. The molecular formula is C14H19N3O2. The summed E-state index contributed by atoms with van der Waals surface area (Å²) in [6, 6.07) is 5.24. The van der Waals surface area contributed by atoms with Crippen molar-refractivity contribution in [3.05, 3.63) is 38.9 Å². The molecule has 0 bridgehead atoms. The number of H-pyrrole nitrogens is 2. The zero-order valence-electron chi connectivity index (χ0n) is 11.5. The first-order valence-electron chi connectivity index (χ1n) is 6.36. The van der Waals surface area contributed by atoms with Gasteiger partial charge in [0.25, 0.3) is 11.1 Å². The summed E-state index contributed by atoms with van der Waals surface area (Å²) in [5, 5.41) is 8.75. The van der Waals surface area contributed by atoms with Gasteiger partial charge in [0.1, 0.15) is 0 Å². The number of fused-ring (bicyclic) bond motifs is 1. The third-order valence-electron chi connectivity index (χ3n) is 3.02. The first-order valence-corrected chi connectivity index (χ1v) is 6.36. The van der Waals surface area contributed by atoms with E-state index >= 15 is 0 Å². The summed E-state index contributed by atoms with van der Waals surface area (Å²) in [6.45, 7) is 7.24. The largest absolute Gasteiger partial charge is 0.384 e. The Bertz CT molecular complexity index is 692. The van der Waals surface area contributed by atoms with Crippen LogP contribution in [0, 0.1) is 5.41 Å². The molecule has 1 aromatic heterocycles. The summed E-state index contributed by atoms with van der Waals surface area (Å²) in [7, 11) is 0. The van der Waals surface area contributed by atoms with Gasteiger partial charge in [-0.3, -0.25) is 19.8 Å². The first kappa shape index (κ1) is 13.4. The molecule has 0 amide bonds. The average Bonchev–Trinajstić information content (AvgIpc) is 2.32. The van der Waals surface area contributed by atoms with Crippen LogP contribution in [0.15, 0.2) is 27.8 Å². The minimum absolute atomic E-state index is 0.224. The molecule has 0 radical (unpaired) electrons. The lowest BCUT2D eigenvalue weighted by atomic mass is 9.92. The zero-order valence-corrected chi connectivity index (χ0v) is 11.5. The summed E-state index contributed by atoms with van der Waals surface area (Å²) in [6.07, 6.45) is 0.977. The molecule has 0 saturated carbocycles. The number of hydrogen-bond acceptors (Lipinski definition) is 3. The van der Waals surface area contributed by atoms with E-state index in [0.29, 0.717) is 16.5 Å². The van der Waals surface area contributed by atoms with Crippen molar-refractivity contribution < 1.29 is 0 Å². The molecule has 0 aliphatic carbocycles. The molecule has 0 unspecified atom stereocenters. The Hall–Kier alpha value is -2.04. The van der Waals surface area contributed by atoms with Gasteiger partial charge < -0.3 is 5.32 Å². The quantitative estimate of drug-likeness (QED) is 0.791. The molecule has 0 fully saturated rings. The molecule has 19 heavy (non-hydrogen) atoms. The first-order chi connectivity index (χ1) is 8.88. The van der Waals surface area contributed by atoms with E-state index in [1.165, 1.54) is 0 Å². The minimum Gasteiger partial charge on any atom is -0.384 e. The summed E-state index contributed by atoms with van der Waals surface area (Å²) < 4.78 is 0. The van der Waals surface area contributed by atoms with Gasteiger partial charge in [-0.05, 0) is 24.0 Å². The van der Waals surface area contributed by atoms with Gasteiger partial charge in [-0.2, -0.15) is 0 Å². The lowest BCUT2D eigenvalue weighted by molar-refractivity contribution is 0.390. The summed E-state index contributed by atoms with van der Waals surface area (Å²) >= 11 is 0. The number of anilines is 1. The van der Waals surface area contributed by atoms with E-state index in [4.69, 9.17) is 0 Å². The second-order valence-corrected chi connectivity index (χ2v) is 5.87. The Morgan fingerprint density at radius 1 is 1.11 bits per heavy atom. The van der Waals surface area contributed by atoms with E-state index < -0.39 is 0 Å². The van der Waals surface area contributed by atoms with Crippen LogP contribution in [0.2, 0.25) is 0 Å². The van der Waals surface area contributed by atoms with Crippen LogP contribution in [0.5, 0.6) is 0 Å². The van der Waals surface area contributed by atoms with Crippen LogP contribution in [-0.2, 0) is 0 Å². The van der Waals surface area contributed by atoms with Crippen molar-refractivity contribution >= 4 is 16.5 Å². The highest BCUT2D eigenvalue weighted by Gasteiger charge is 2.11. The molecular weight excluding hydrogens is 242 g/mol. The highest BCUT2D eigenvalue weighted by Crippen LogP contribution is 2.20. The minimum atomic E-state index is -0.284. The predicted molar refractivity (Wildman–Crippen MR) is 77.8 cm³/mol. The number of rotatable bonds is 3. The smallest absolute Gasteiger partial charge is 0.272 e. The van der Waals surface area contributed by atoms with Crippen LogP contribution < -0.4 is 16.4 Å². The standard InChI is InChI=1S/C14H19N3O2/c1-14(2,3)7-8-15-10-6-4-5-9-11(10)13(19)17-16-12(9)18/h4-6,15H,7-8H2,1-3H3,(H,16,18)(H,17,19). The van der Waals surface area contributed by atoms with Gasteiger partial charge in [-0.1, -0.05) is 26.8 Å². The fourth-order valence-corrected chi connectivity index (χ4v) is 1.95. The molecule has 0 aliphatic heterocycles. The van der Waals surface area contributed by atoms with Crippen molar-refractivity contribution in [2.24, 2.45) is 5.41 Å². The molecule has 0 saturated heterocycles. The van der Waals surface area contributed by atoms with E-state index in [9.17, 15) is 9.59 Å². The number of benzene rings is 1. The van der Waals surface area contributed by atoms with Crippen molar-refractivity contribution in [2.75, 3.05) is 11.9 Å². The van der Waals surface area contributed by atoms with Gasteiger partial charge in [-0.25, -0.2) is 0 Å². The maximum Gasteiger partial charge on any atom is 0.272 e. The Labute approximate surface area is 111 Å². The maximum absolute atomic E-state index is 11.8. The van der Waals surface area contributed by atoms with Crippen molar-refractivity contribution in [1.82, 2.24) is 10.2 Å². The average molecular weight is 261 g/mol. The van der Waals surface area contributed by atoms with E-state index in [1.54, 1.807) is 12.1 Å². The van der Waals surface area contributed by atoms with E-state index in [2.05, 4.69) is 36.3 Å². The van der Waals surface area contributed by atoms with E-state index in [-0.39, 0.29) is 16.5 Å². The number of hydrogen-bond donors (Lipinski definition) is 3. The molecule has 102 valence electrons. The Kier molecular flexibility index (Phi) is 3.46. The fourth-order valence-electron chi connectivity index (χ4n) is 1.95. The number of aromatic nitrogens is 2. The Balaban J connectivity index is 2.37. The lowest BCUT2D eigenvalue weighted by Gasteiger charge is -2.18. The molecule has 5 heteroatoms. The Morgan fingerprint density at radius 2 is 1.79 bits per heavy atom. The molecule has 0 aliphatic rings. The van der Waals surface area contributed by atoms with E-state index in [1.807, 2.05) is 6.07 Å². The number of aromatic amines is 2. The highest BCUT2D eigenvalue weighted by molar-refractivity contribution is 5.92. The SMILES string of the molecule is CC(C)(C)CCNc1cccc2c(=O)[nH][nH]c(=O)c12. The molecule has 5 nitrogen and oxygen atoms in total. The predicted octanol–water partition coefficient (Wildman–Crippen LogP) is 2.06. The molecule has 2 aromatic rings. The topological polar surface area (TPSA) is 77.8 Å². The van der Waals surface area contributed by atoms with Gasteiger partial charge >= 0.3 is 0 Å². The monoisotopic (exact) mass is 261 g/mol. The molecule has 1 heterocycles. The van der Waals surface area contributed by atoms with Crippen molar-refractivity contribution in [3.63, 3.8) is 0 Å². The van der Waals surface area contributed by atoms with Crippen molar-refractivity contribution in [2.45, 2.75) is 27.2 Å². The van der Waals surface area contributed by atoms with Crippen LogP contribution >= 0.6 is 0 Å². The highest BCUT2D eigenvalue weighted by atomic mass is 16.1. The number of nitrogens with one attached hydrogen (secondary N) is 3. The molecule has 3 N–H and O–H groups in total. The van der Waals surface area contributed by atoms with Gasteiger partial charge in [-0.15, -0.1) is 0 Å². The zero-order chi connectivity index (χ0) is 14.0. The maximum atomic E-state index is 11.8. The summed E-state index contributed by atoms with van der Waals surface area (Å²) in [4.78, 5) is 23.5. The van der Waals surface area contributed by atoms with Gasteiger partial charge in [0.05, 0.1) is 10.8 Å². The van der Waals surface area contributed by atoms with E-state index in [0.717, 1.165) is 13.0 Å². The van der Waals surface area contributed by atoms with Crippen LogP contribution in [-0.4, -0.2) is 16.7 Å². The van der Waals surface area contributed by atoms with Crippen LogP contribution in [0.3, 0.4) is 0 Å². The third-order valence-corrected chi connectivity index (χ3v) is 3.02. The molecule has 0 atom stereocenters. The van der Waals surface area contributed by atoms with Crippen LogP contribution in [0.4, 0.5) is 5.69 Å². The van der Waals surface area contributed by atoms with Crippen LogP contribution in [0.1, 0.15) is 27.2 Å². The van der Waals surface area contributed by atoms with Gasteiger partial charge in [0.15, 0.2) is 0 Å². The third kappa shape index (κ3) is 3.05. The second-order valence-electron chi connectivity index (χ2n) is 5.87. The molecule has 0 spiro atoms. The second kappa shape index (κ2) is 4.91. The summed E-state index contributed by atoms with van der Waals surface area (Å²) in [5.41, 5.74) is 0.359. The van der Waals surface area contributed by atoms with Gasteiger partial charge in [0.2, 0.25) is 0 Å². The van der Waals surface area contributed by atoms with Crippen molar-refractivity contribution in [1.29, 1.82) is 0 Å². The summed E-state index contributed by atoms with van der Waals surface area (Å²) in [5.74, 6) is 0. The molecule has 1 aromatic carbocycles. The fraction of sp³-hybridized carbons (Fsp3) is 0.429. The normalized spacial score (nSPS) is 11.7. The van der Waals surface area contributed by atoms with Crippen LogP contribution in [0.25, 0.3) is 10.8 Å². The van der Waals surface area contributed by atoms with Gasteiger partial charge in [0, 0.05) is 12.2 Å².